The number of aromatic nitrogens is 1. The van der Waals surface area contributed by atoms with Crippen LogP contribution in [-0.2, 0) is 9.59 Å². The molecule has 1 aromatic rings. The lowest BCUT2D eigenvalue weighted by Crippen LogP contribution is -2.32. The minimum atomic E-state index is -0.794. The second-order valence-electron chi connectivity index (χ2n) is 5.06. The van der Waals surface area contributed by atoms with Crippen LogP contribution < -0.4 is 5.32 Å². The van der Waals surface area contributed by atoms with Crippen molar-refractivity contribution in [2.24, 2.45) is 11.8 Å². The van der Waals surface area contributed by atoms with Gasteiger partial charge in [-0.1, -0.05) is 0 Å². The highest BCUT2D eigenvalue weighted by Gasteiger charge is 2.34. The van der Waals surface area contributed by atoms with Gasteiger partial charge < -0.3 is 10.4 Å². The Morgan fingerprint density at radius 1 is 1.32 bits per heavy atom. The van der Waals surface area contributed by atoms with Crippen molar-refractivity contribution >= 4 is 11.9 Å². The van der Waals surface area contributed by atoms with E-state index in [-0.39, 0.29) is 23.8 Å². The Hall–Kier alpha value is -1.91. The molecule has 0 bridgehead atoms. The zero-order chi connectivity index (χ0) is 13.8. The third-order valence-electron chi connectivity index (χ3n) is 3.72. The van der Waals surface area contributed by atoms with Crippen LogP contribution in [0.15, 0.2) is 24.5 Å². The molecule has 0 aliphatic heterocycles. The van der Waals surface area contributed by atoms with Gasteiger partial charge in [0.25, 0.3) is 0 Å². The first-order valence-corrected chi connectivity index (χ1v) is 6.51. The standard InChI is InChI=1S/C14H18N2O3/c1-9(10-4-6-15-7-5-10)16-13(17)11-2-3-12(8-11)14(18)19/h4-7,9,11-12H,2-3,8H2,1H3,(H,16,17)(H,18,19)/t9-,11?,12?/m1/s1. The molecule has 1 aromatic heterocycles. The van der Waals surface area contributed by atoms with Gasteiger partial charge >= 0.3 is 5.97 Å². The monoisotopic (exact) mass is 262 g/mol. The van der Waals surface area contributed by atoms with Crippen LogP contribution in [0.5, 0.6) is 0 Å². The van der Waals surface area contributed by atoms with E-state index in [1.807, 2.05) is 19.1 Å². The topological polar surface area (TPSA) is 79.3 Å². The molecule has 5 nitrogen and oxygen atoms in total. The third-order valence-corrected chi connectivity index (χ3v) is 3.72. The molecule has 1 aliphatic carbocycles. The number of hydrogen-bond acceptors (Lipinski definition) is 3. The normalized spacial score (nSPS) is 23.8. The van der Waals surface area contributed by atoms with Crippen LogP contribution in [0.4, 0.5) is 0 Å². The number of amides is 1. The summed E-state index contributed by atoms with van der Waals surface area (Å²) in [5.41, 5.74) is 0.996. The van der Waals surface area contributed by atoms with Gasteiger partial charge in [0.15, 0.2) is 0 Å². The first-order valence-electron chi connectivity index (χ1n) is 6.51. The van der Waals surface area contributed by atoms with E-state index < -0.39 is 5.97 Å². The van der Waals surface area contributed by atoms with Crippen molar-refractivity contribution in [1.29, 1.82) is 0 Å². The average molecular weight is 262 g/mol. The van der Waals surface area contributed by atoms with E-state index in [1.165, 1.54) is 0 Å². The summed E-state index contributed by atoms with van der Waals surface area (Å²) in [5.74, 6) is -1.39. The minimum Gasteiger partial charge on any atom is -0.481 e. The SMILES string of the molecule is C[C@@H](NC(=O)C1CCC(C(=O)O)C1)c1ccncc1. The maximum absolute atomic E-state index is 12.1. The van der Waals surface area contributed by atoms with E-state index in [9.17, 15) is 9.59 Å². The molecular weight excluding hydrogens is 244 g/mol. The van der Waals surface area contributed by atoms with Crippen molar-refractivity contribution in [3.63, 3.8) is 0 Å². The number of nitrogens with one attached hydrogen (secondary N) is 1. The van der Waals surface area contributed by atoms with Gasteiger partial charge in [-0.05, 0) is 43.9 Å². The zero-order valence-corrected chi connectivity index (χ0v) is 10.9. The molecule has 2 unspecified atom stereocenters. The maximum atomic E-state index is 12.1. The van der Waals surface area contributed by atoms with Crippen molar-refractivity contribution in [1.82, 2.24) is 10.3 Å². The second kappa shape index (κ2) is 5.82. The van der Waals surface area contributed by atoms with E-state index in [0.717, 1.165) is 5.56 Å². The second-order valence-corrected chi connectivity index (χ2v) is 5.06. The lowest BCUT2D eigenvalue weighted by molar-refractivity contribution is -0.141. The first kappa shape index (κ1) is 13.5. The molecule has 0 radical (unpaired) electrons. The highest BCUT2D eigenvalue weighted by Crippen LogP contribution is 2.31. The summed E-state index contributed by atoms with van der Waals surface area (Å²) in [5, 5.41) is 11.9. The number of pyridine rings is 1. The fraction of sp³-hybridized carbons (Fsp3) is 0.500. The number of carbonyl (C=O) groups excluding carboxylic acids is 1. The van der Waals surface area contributed by atoms with E-state index in [2.05, 4.69) is 10.3 Å². The molecule has 0 saturated heterocycles. The fourth-order valence-electron chi connectivity index (χ4n) is 2.51. The van der Waals surface area contributed by atoms with Crippen LogP contribution in [0, 0.1) is 11.8 Å². The molecule has 19 heavy (non-hydrogen) atoms. The Morgan fingerprint density at radius 2 is 1.95 bits per heavy atom. The lowest BCUT2D eigenvalue weighted by Gasteiger charge is -2.17. The molecule has 1 heterocycles. The summed E-state index contributed by atoms with van der Waals surface area (Å²) < 4.78 is 0. The summed E-state index contributed by atoms with van der Waals surface area (Å²) in [7, 11) is 0. The van der Waals surface area contributed by atoms with Crippen molar-refractivity contribution in [3.05, 3.63) is 30.1 Å². The van der Waals surface area contributed by atoms with E-state index in [1.54, 1.807) is 12.4 Å². The Kier molecular flexibility index (Phi) is 4.14. The van der Waals surface area contributed by atoms with Crippen molar-refractivity contribution in [2.45, 2.75) is 32.2 Å². The van der Waals surface area contributed by atoms with Gasteiger partial charge in [-0.3, -0.25) is 14.6 Å². The predicted octanol–water partition coefficient (Wildman–Crippen LogP) is 1.76. The molecule has 3 atom stereocenters. The number of carboxylic acids is 1. The minimum absolute atomic E-state index is 0.0481. The van der Waals surface area contributed by atoms with Crippen LogP contribution in [-0.4, -0.2) is 22.0 Å². The number of aliphatic carboxylic acids is 1. The van der Waals surface area contributed by atoms with Gasteiger partial charge in [-0.25, -0.2) is 0 Å². The number of rotatable bonds is 4. The molecule has 102 valence electrons. The molecule has 2 N–H and O–H groups in total. The summed E-state index contributed by atoms with van der Waals surface area (Å²) in [6, 6.07) is 3.64. The summed E-state index contributed by atoms with van der Waals surface area (Å²) in [6.45, 7) is 1.91. The van der Waals surface area contributed by atoms with Gasteiger partial charge in [0.1, 0.15) is 0 Å². The van der Waals surface area contributed by atoms with Gasteiger partial charge in [0.05, 0.1) is 12.0 Å². The molecule has 2 rings (SSSR count). The highest BCUT2D eigenvalue weighted by atomic mass is 16.4. The molecular formula is C14H18N2O3. The van der Waals surface area contributed by atoms with Crippen molar-refractivity contribution in [2.75, 3.05) is 0 Å². The molecule has 1 aliphatic rings. The van der Waals surface area contributed by atoms with Gasteiger partial charge in [-0.2, -0.15) is 0 Å². The van der Waals surface area contributed by atoms with Crippen molar-refractivity contribution < 1.29 is 14.7 Å². The smallest absolute Gasteiger partial charge is 0.306 e. The van der Waals surface area contributed by atoms with E-state index >= 15 is 0 Å². The van der Waals surface area contributed by atoms with Crippen molar-refractivity contribution in [3.8, 4) is 0 Å². The van der Waals surface area contributed by atoms with Crippen LogP contribution >= 0.6 is 0 Å². The quantitative estimate of drug-likeness (QED) is 0.866. The van der Waals surface area contributed by atoms with E-state index in [4.69, 9.17) is 5.11 Å². The summed E-state index contributed by atoms with van der Waals surface area (Å²) in [6.07, 6.45) is 5.08. The number of hydrogen-bond donors (Lipinski definition) is 2. The molecule has 5 heteroatoms. The van der Waals surface area contributed by atoms with Crippen LogP contribution in [0.3, 0.4) is 0 Å². The molecule has 1 amide bonds. The average Bonchev–Trinajstić information content (AvgIpc) is 2.89. The Morgan fingerprint density at radius 3 is 2.53 bits per heavy atom. The highest BCUT2D eigenvalue weighted by molar-refractivity contribution is 5.81. The number of carboxylic acid groups (broad SMARTS) is 1. The van der Waals surface area contributed by atoms with Gasteiger partial charge in [-0.15, -0.1) is 0 Å². The summed E-state index contributed by atoms with van der Waals surface area (Å²) >= 11 is 0. The Bertz CT molecular complexity index is 461. The molecule has 1 fully saturated rings. The third kappa shape index (κ3) is 3.30. The molecule has 0 spiro atoms. The summed E-state index contributed by atoms with van der Waals surface area (Å²) in [4.78, 5) is 26.9. The Balaban J connectivity index is 1.90. The molecule has 1 saturated carbocycles. The van der Waals surface area contributed by atoms with Gasteiger partial charge in [0, 0.05) is 18.3 Å². The predicted molar refractivity (Wildman–Crippen MR) is 69.3 cm³/mol. The largest absolute Gasteiger partial charge is 0.481 e. The number of carbonyl (C=O) groups is 2. The Labute approximate surface area is 112 Å². The first-order chi connectivity index (χ1) is 9.08. The van der Waals surface area contributed by atoms with E-state index in [0.29, 0.717) is 19.3 Å². The van der Waals surface area contributed by atoms with Crippen LogP contribution in [0.2, 0.25) is 0 Å². The fourth-order valence-corrected chi connectivity index (χ4v) is 2.51. The number of nitrogens with zero attached hydrogens (tertiary/aromatic N) is 1. The zero-order valence-electron chi connectivity index (χ0n) is 10.9. The van der Waals surface area contributed by atoms with Crippen LogP contribution in [0.1, 0.15) is 37.8 Å². The van der Waals surface area contributed by atoms with Crippen LogP contribution in [0.25, 0.3) is 0 Å². The molecule has 0 aromatic carbocycles. The van der Waals surface area contributed by atoms with Gasteiger partial charge in [0.2, 0.25) is 5.91 Å². The lowest BCUT2D eigenvalue weighted by atomic mass is 10.0. The maximum Gasteiger partial charge on any atom is 0.306 e.